The number of rotatable bonds is 6. The van der Waals surface area contributed by atoms with Gasteiger partial charge in [0.1, 0.15) is 5.82 Å². The highest BCUT2D eigenvalue weighted by molar-refractivity contribution is 5.20. The standard InChI is InChI=1S/C15H19FN2O/c1-18(10-12-7-9-19-11-12)8-6-15(17)13-4-2-3-5-14(13)16/h2-5,7,9,11,15H,6,8,10,17H2,1H3. The first-order chi connectivity index (χ1) is 9.16. The van der Waals surface area contributed by atoms with Crippen LogP contribution in [0.4, 0.5) is 4.39 Å². The van der Waals surface area contributed by atoms with Crippen LogP contribution in [-0.2, 0) is 6.54 Å². The van der Waals surface area contributed by atoms with Crippen LogP contribution in [0.1, 0.15) is 23.6 Å². The van der Waals surface area contributed by atoms with Crippen LogP contribution in [0.5, 0.6) is 0 Å². The molecule has 0 aliphatic heterocycles. The molecule has 0 aliphatic rings. The zero-order valence-electron chi connectivity index (χ0n) is 11.1. The number of furan rings is 1. The van der Waals surface area contributed by atoms with E-state index in [9.17, 15) is 4.39 Å². The molecule has 0 spiro atoms. The SMILES string of the molecule is CN(CCC(N)c1ccccc1F)Cc1ccoc1. The number of benzene rings is 1. The molecule has 1 atom stereocenters. The lowest BCUT2D eigenvalue weighted by molar-refractivity contribution is 0.309. The van der Waals surface area contributed by atoms with Gasteiger partial charge >= 0.3 is 0 Å². The number of nitrogens with zero attached hydrogens (tertiary/aromatic N) is 1. The predicted octanol–water partition coefficient (Wildman–Crippen LogP) is 2.94. The average molecular weight is 262 g/mol. The number of hydrogen-bond acceptors (Lipinski definition) is 3. The second-order valence-electron chi connectivity index (χ2n) is 4.79. The van der Waals surface area contributed by atoms with Gasteiger partial charge in [0.15, 0.2) is 0 Å². The van der Waals surface area contributed by atoms with Crippen molar-refractivity contribution < 1.29 is 8.81 Å². The van der Waals surface area contributed by atoms with E-state index in [2.05, 4.69) is 4.90 Å². The molecule has 1 aromatic carbocycles. The number of hydrogen-bond donors (Lipinski definition) is 1. The minimum atomic E-state index is -0.270. The molecule has 2 N–H and O–H groups in total. The van der Waals surface area contributed by atoms with Crippen LogP contribution in [0.15, 0.2) is 47.3 Å². The van der Waals surface area contributed by atoms with Crippen LogP contribution in [0.3, 0.4) is 0 Å². The van der Waals surface area contributed by atoms with Crippen molar-refractivity contribution in [2.75, 3.05) is 13.6 Å². The maximum Gasteiger partial charge on any atom is 0.127 e. The fourth-order valence-corrected chi connectivity index (χ4v) is 2.06. The summed E-state index contributed by atoms with van der Waals surface area (Å²) < 4.78 is 18.6. The highest BCUT2D eigenvalue weighted by Gasteiger charge is 2.11. The van der Waals surface area contributed by atoms with Gasteiger partial charge in [0.25, 0.3) is 0 Å². The van der Waals surface area contributed by atoms with Gasteiger partial charge in [0.2, 0.25) is 0 Å². The highest BCUT2D eigenvalue weighted by atomic mass is 19.1. The first kappa shape index (κ1) is 13.8. The maximum absolute atomic E-state index is 13.6. The molecule has 0 radical (unpaired) electrons. The van der Waals surface area contributed by atoms with Gasteiger partial charge in [0, 0.05) is 23.7 Å². The fraction of sp³-hybridized carbons (Fsp3) is 0.333. The third-order valence-electron chi connectivity index (χ3n) is 3.16. The number of nitrogens with two attached hydrogens (primary N) is 1. The molecule has 1 heterocycles. The van der Waals surface area contributed by atoms with Gasteiger partial charge in [-0.2, -0.15) is 0 Å². The molecule has 0 bridgehead atoms. The van der Waals surface area contributed by atoms with Gasteiger partial charge in [-0.15, -0.1) is 0 Å². The van der Waals surface area contributed by atoms with Crippen LogP contribution in [-0.4, -0.2) is 18.5 Å². The van der Waals surface area contributed by atoms with Gasteiger partial charge < -0.3 is 15.1 Å². The first-order valence-electron chi connectivity index (χ1n) is 6.36. The Balaban J connectivity index is 1.83. The Kier molecular flexibility index (Phi) is 4.71. The maximum atomic E-state index is 13.6. The van der Waals surface area contributed by atoms with Crippen molar-refractivity contribution in [2.45, 2.75) is 19.0 Å². The van der Waals surface area contributed by atoms with E-state index < -0.39 is 0 Å². The van der Waals surface area contributed by atoms with Crippen molar-refractivity contribution in [3.8, 4) is 0 Å². The Morgan fingerprint density at radius 2 is 2.11 bits per heavy atom. The second-order valence-corrected chi connectivity index (χ2v) is 4.79. The Morgan fingerprint density at radius 1 is 1.32 bits per heavy atom. The minimum Gasteiger partial charge on any atom is -0.472 e. The molecule has 3 nitrogen and oxygen atoms in total. The van der Waals surface area contributed by atoms with E-state index in [0.29, 0.717) is 5.56 Å². The molecule has 1 aromatic heterocycles. The van der Waals surface area contributed by atoms with Crippen molar-refractivity contribution in [3.63, 3.8) is 0 Å². The lowest BCUT2D eigenvalue weighted by atomic mass is 10.0. The van der Waals surface area contributed by atoms with Crippen LogP contribution < -0.4 is 5.73 Å². The highest BCUT2D eigenvalue weighted by Crippen LogP contribution is 2.18. The minimum absolute atomic E-state index is 0.229. The van der Waals surface area contributed by atoms with E-state index in [-0.39, 0.29) is 11.9 Å². The molecule has 2 rings (SSSR count). The summed E-state index contributed by atoms with van der Waals surface area (Å²) in [5, 5.41) is 0. The fourth-order valence-electron chi connectivity index (χ4n) is 2.06. The number of halogens is 1. The molecule has 0 fully saturated rings. The lowest BCUT2D eigenvalue weighted by Gasteiger charge is -2.19. The molecular weight excluding hydrogens is 243 g/mol. The largest absolute Gasteiger partial charge is 0.472 e. The second kappa shape index (κ2) is 6.50. The predicted molar refractivity (Wildman–Crippen MR) is 73.0 cm³/mol. The van der Waals surface area contributed by atoms with Gasteiger partial charge in [-0.3, -0.25) is 0 Å². The quantitative estimate of drug-likeness (QED) is 0.870. The van der Waals surface area contributed by atoms with Crippen molar-refractivity contribution in [1.29, 1.82) is 0 Å². The summed E-state index contributed by atoms with van der Waals surface area (Å²) in [5.41, 5.74) is 7.74. The molecule has 0 saturated heterocycles. The lowest BCUT2D eigenvalue weighted by Crippen LogP contribution is -2.23. The molecule has 0 saturated carbocycles. The van der Waals surface area contributed by atoms with Crippen LogP contribution >= 0.6 is 0 Å². The normalized spacial score (nSPS) is 12.8. The molecule has 0 amide bonds. The summed E-state index contributed by atoms with van der Waals surface area (Å²) in [7, 11) is 2.01. The van der Waals surface area contributed by atoms with Crippen molar-refractivity contribution >= 4 is 0 Å². The zero-order chi connectivity index (χ0) is 13.7. The molecule has 19 heavy (non-hydrogen) atoms. The monoisotopic (exact) mass is 262 g/mol. The topological polar surface area (TPSA) is 42.4 Å². The summed E-state index contributed by atoms with van der Waals surface area (Å²) >= 11 is 0. The van der Waals surface area contributed by atoms with E-state index in [1.165, 1.54) is 6.07 Å². The smallest absolute Gasteiger partial charge is 0.127 e. The molecule has 2 aromatic rings. The molecule has 102 valence electrons. The van der Waals surface area contributed by atoms with Crippen molar-refractivity contribution in [1.82, 2.24) is 4.90 Å². The van der Waals surface area contributed by atoms with Gasteiger partial charge in [-0.05, 0) is 32.1 Å². The Morgan fingerprint density at radius 3 is 2.79 bits per heavy atom. The summed E-state index contributed by atoms with van der Waals surface area (Å²) in [6.45, 7) is 1.61. The van der Waals surface area contributed by atoms with Gasteiger partial charge in [0.05, 0.1) is 12.5 Å². The van der Waals surface area contributed by atoms with E-state index in [0.717, 1.165) is 25.1 Å². The van der Waals surface area contributed by atoms with Gasteiger partial charge in [-0.1, -0.05) is 18.2 Å². The molecule has 1 unspecified atom stereocenters. The third kappa shape index (κ3) is 3.91. The first-order valence-corrected chi connectivity index (χ1v) is 6.36. The zero-order valence-corrected chi connectivity index (χ0v) is 11.1. The van der Waals surface area contributed by atoms with Crippen LogP contribution in [0.2, 0.25) is 0 Å². The van der Waals surface area contributed by atoms with E-state index in [4.69, 9.17) is 10.2 Å². The molecular formula is C15H19FN2O. The molecule has 0 aliphatic carbocycles. The summed E-state index contributed by atoms with van der Waals surface area (Å²) in [6, 6.07) is 8.35. The summed E-state index contributed by atoms with van der Waals surface area (Å²) in [6.07, 6.45) is 4.11. The third-order valence-corrected chi connectivity index (χ3v) is 3.16. The molecule has 4 heteroatoms. The summed E-state index contributed by atoms with van der Waals surface area (Å²) in [4.78, 5) is 2.14. The summed E-state index contributed by atoms with van der Waals surface area (Å²) in [5.74, 6) is -0.229. The van der Waals surface area contributed by atoms with Crippen molar-refractivity contribution in [2.24, 2.45) is 5.73 Å². The van der Waals surface area contributed by atoms with E-state index >= 15 is 0 Å². The average Bonchev–Trinajstić information content (AvgIpc) is 2.89. The Hall–Kier alpha value is -1.65. The van der Waals surface area contributed by atoms with Crippen LogP contribution in [0.25, 0.3) is 0 Å². The Labute approximate surface area is 112 Å². The van der Waals surface area contributed by atoms with Gasteiger partial charge in [-0.25, -0.2) is 4.39 Å². The van der Waals surface area contributed by atoms with Crippen molar-refractivity contribution in [3.05, 3.63) is 59.8 Å². The van der Waals surface area contributed by atoms with E-state index in [1.54, 1.807) is 24.7 Å². The van der Waals surface area contributed by atoms with Crippen LogP contribution in [0, 0.1) is 5.82 Å². The Bertz CT molecular complexity index is 499. The van der Waals surface area contributed by atoms with E-state index in [1.807, 2.05) is 19.2 Å².